The largest absolute Gasteiger partial charge is 0.351 e. The normalized spacial score (nSPS) is 14.9. The predicted molar refractivity (Wildman–Crippen MR) is 102 cm³/mol. The highest BCUT2D eigenvalue weighted by Crippen LogP contribution is 2.19. The number of carbonyl (C=O) groups is 1. The summed E-state index contributed by atoms with van der Waals surface area (Å²) < 4.78 is 15.2. The number of aryl methyl sites for hydroxylation is 2. The lowest BCUT2D eigenvalue weighted by molar-refractivity contribution is -0.121. The van der Waals surface area contributed by atoms with E-state index < -0.39 is 5.82 Å². The minimum Gasteiger partial charge on any atom is -0.351 e. The summed E-state index contributed by atoms with van der Waals surface area (Å²) in [5.41, 5.74) is 2.03. The molecule has 5 nitrogen and oxygen atoms in total. The Balaban J connectivity index is 1.65. The van der Waals surface area contributed by atoms with Crippen LogP contribution >= 0.6 is 11.6 Å². The summed E-state index contributed by atoms with van der Waals surface area (Å²) in [6, 6.07) is 5.67. The van der Waals surface area contributed by atoms with Crippen molar-refractivity contribution >= 4 is 17.5 Å². The quantitative estimate of drug-likeness (QED) is 0.797. The SMILES string of the molecule is C[C@H](Cn1nc2c(cc1=O)CCCCC2)NC(=O)Cc1c(F)cccc1Cl. The smallest absolute Gasteiger partial charge is 0.267 e. The van der Waals surface area contributed by atoms with Crippen LogP contribution in [0.2, 0.25) is 5.02 Å². The van der Waals surface area contributed by atoms with Crippen LogP contribution in [-0.4, -0.2) is 21.7 Å². The van der Waals surface area contributed by atoms with Gasteiger partial charge in [0.05, 0.1) is 18.7 Å². The number of fused-ring (bicyclic) bond motifs is 1. The van der Waals surface area contributed by atoms with Crippen LogP contribution in [0.5, 0.6) is 0 Å². The van der Waals surface area contributed by atoms with Gasteiger partial charge in [0.2, 0.25) is 5.91 Å². The third-order valence-electron chi connectivity index (χ3n) is 4.78. The average Bonchev–Trinajstić information content (AvgIpc) is 2.83. The van der Waals surface area contributed by atoms with Crippen molar-refractivity contribution in [1.82, 2.24) is 15.1 Å². The van der Waals surface area contributed by atoms with Gasteiger partial charge in [-0.1, -0.05) is 24.1 Å². The number of rotatable bonds is 5. The van der Waals surface area contributed by atoms with Crippen molar-refractivity contribution in [2.75, 3.05) is 0 Å². The first-order valence-corrected chi connectivity index (χ1v) is 9.64. The van der Waals surface area contributed by atoms with Gasteiger partial charge in [0.1, 0.15) is 5.82 Å². The molecule has 0 spiro atoms. The second-order valence-electron chi connectivity index (χ2n) is 7.04. The van der Waals surface area contributed by atoms with Crippen LogP contribution in [0.25, 0.3) is 0 Å². The van der Waals surface area contributed by atoms with Crippen molar-refractivity contribution in [3.8, 4) is 0 Å². The Morgan fingerprint density at radius 3 is 2.89 bits per heavy atom. The maximum atomic E-state index is 13.8. The molecule has 0 fully saturated rings. The maximum absolute atomic E-state index is 13.8. The summed E-state index contributed by atoms with van der Waals surface area (Å²) in [5, 5.41) is 7.51. The van der Waals surface area contributed by atoms with Crippen LogP contribution in [0.15, 0.2) is 29.1 Å². The van der Waals surface area contributed by atoms with Crippen LogP contribution in [0, 0.1) is 5.82 Å². The number of benzene rings is 1. The second-order valence-corrected chi connectivity index (χ2v) is 7.45. The van der Waals surface area contributed by atoms with Crippen molar-refractivity contribution in [2.45, 2.75) is 58.0 Å². The standard InChI is InChI=1S/C20H23ClFN3O2/c1-13(23-19(26)11-15-16(21)7-5-8-17(15)22)12-25-20(27)10-14-6-3-2-4-9-18(14)24-25/h5,7-8,10,13H,2-4,6,9,11-12H2,1H3,(H,23,26)/t13-/m1/s1. The van der Waals surface area contributed by atoms with E-state index in [-0.39, 0.29) is 41.1 Å². The minimum atomic E-state index is -0.506. The lowest BCUT2D eigenvalue weighted by atomic mass is 10.1. The van der Waals surface area contributed by atoms with Crippen LogP contribution in [-0.2, 0) is 30.6 Å². The number of nitrogens with zero attached hydrogens (tertiary/aromatic N) is 2. The fourth-order valence-corrected chi connectivity index (χ4v) is 3.63. The zero-order chi connectivity index (χ0) is 19.4. The van der Waals surface area contributed by atoms with E-state index in [0.717, 1.165) is 43.4 Å². The number of halogens is 2. The molecule has 1 N–H and O–H groups in total. The van der Waals surface area contributed by atoms with Gasteiger partial charge >= 0.3 is 0 Å². The van der Waals surface area contributed by atoms with E-state index >= 15 is 0 Å². The van der Waals surface area contributed by atoms with E-state index in [2.05, 4.69) is 10.4 Å². The van der Waals surface area contributed by atoms with Gasteiger partial charge in [-0.15, -0.1) is 0 Å². The molecule has 144 valence electrons. The summed E-state index contributed by atoms with van der Waals surface area (Å²) in [7, 11) is 0. The van der Waals surface area contributed by atoms with Crippen molar-refractivity contribution in [3.05, 3.63) is 62.3 Å². The Labute approximate surface area is 162 Å². The molecule has 3 rings (SSSR count). The number of nitrogens with one attached hydrogen (secondary N) is 1. The van der Waals surface area contributed by atoms with Crippen LogP contribution in [0.1, 0.15) is 43.0 Å². The zero-order valence-corrected chi connectivity index (χ0v) is 16.1. The molecule has 0 saturated heterocycles. The second kappa shape index (κ2) is 8.65. The van der Waals surface area contributed by atoms with Gasteiger partial charge in [0, 0.05) is 22.7 Å². The molecule has 1 aromatic carbocycles. The number of aromatic nitrogens is 2. The molecule has 1 amide bonds. The first kappa shape index (κ1) is 19.5. The molecule has 0 unspecified atom stereocenters. The molecule has 1 heterocycles. The molecule has 1 aliphatic carbocycles. The van der Waals surface area contributed by atoms with E-state index in [9.17, 15) is 14.0 Å². The monoisotopic (exact) mass is 391 g/mol. The van der Waals surface area contributed by atoms with Gasteiger partial charge in [-0.05, 0) is 50.3 Å². The third-order valence-corrected chi connectivity index (χ3v) is 5.13. The summed E-state index contributed by atoms with van der Waals surface area (Å²) in [5.74, 6) is -0.855. The number of amides is 1. The average molecular weight is 392 g/mol. The fraction of sp³-hybridized carbons (Fsp3) is 0.450. The summed E-state index contributed by atoms with van der Waals surface area (Å²) in [6.07, 6.45) is 4.94. The summed E-state index contributed by atoms with van der Waals surface area (Å²) >= 11 is 5.97. The molecule has 0 aliphatic heterocycles. The molecular formula is C20H23ClFN3O2. The first-order valence-electron chi connectivity index (χ1n) is 9.26. The number of hydrogen-bond acceptors (Lipinski definition) is 3. The fourth-order valence-electron chi connectivity index (χ4n) is 3.40. The summed E-state index contributed by atoms with van der Waals surface area (Å²) in [6.45, 7) is 2.06. The Bertz CT molecular complexity index is 877. The topological polar surface area (TPSA) is 64.0 Å². The van der Waals surface area contributed by atoms with E-state index in [1.165, 1.54) is 16.8 Å². The zero-order valence-electron chi connectivity index (χ0n) is 15.3. The molecule has 0 radical (unpaired) electrons. The summed E-state index contributed by atoms with van der Waals surface area (Å²) in [4.78, 5) is 24.6. The molecule has 27 heavy (non-hydrogen) atoms. The lowest BCUT2D eigenvalue weighted by Crippen LogP contribution is -2.40. The van der Waals surface area contributed by atoms with Crippen LogP contribution in [0.3, 0.4) is 0 Å². The molecule has 0 saturated carbocycles. The molecule has 1 aliphatic rings. The van der Waals surface area contributed by atoms with Gasteiger partial charge in [-0.2, -0.15) is 5.10 Å². The molecule has 1 atom stereocenters. The minimum absolute atomic E-state index is 0.150. The maximum Gasteiger partial charge on any atom is 0.267 e. The predicted octanol–water partition coefficient (Wildman–Crippen LogP) is 3.05. The van der Waals surface area contributed by atoms with Crippen molar-refractivity contribution in [2.24, 2.45) is 0 Å². The van der Waals surface area contributed by atoms with E-state index in [1.54, 1.807) is 19.1 Å². The van der Waals surface area contributed by atoms with E-state index in [4.69, 9.17) is 11.6 Å². The molecule has 7 heteroatoms. The van der Waals surface area contributed by atoms with Gasteiger partial charge < -0.3 is 5.32 Å². The third kappa shape index (κ3) is 4.95. The van der Waals surface area contributed by atoms with E-state index in [1.807, 2.05) is 0 Å². The van der Waals surface area contributed by atoms with Gasteiger partial charge in [-0.3, -0.25) is 9.59 Å². The highest BCUT2D eigenvalue weighted by Gasteiger charge is 2.16. The lowest BCUT2D eigenvalue weighted by Gasteiger charge is -2.16. The van der Waals surface area contributed by atoms with Crippen molar-refractivity contribution < 1.29 is 9.18 Å². The Morgan fingerprint density at radius 1 is 1.33 bits per heavy atom. The molecule has 1 aromatic heterocycles. The molecule has 0 bridgehead atoms. The van der Waals surface area contributed by atoms with E-state index in [0.29, 0.717) is 0 Å². The Hall–Kier alpha value is -2.21. The van der Waals surface area contributed by atoms with Gasteiger partial charge in [0.25, 0.3) is 5.56 Å². The van der Waals surface area contributed by atoms with Gasteiger partial charge in [-0.25, -0.2) is 9.07 Å². The van der Waals surface area contributed by atoms with Gasteiger partial charge in [0.15, 0.2) is 0 Å². The van der Waals surface area contributed by atoms with Crippen molar-refractivity contribution in [1.29, 1.82) is 0 Å². The first-order chi connectivity index (χ1) is 12.9. The highest BCUT2D eigenvalue weighted by molar-refractivity contribution is 6.31. The molecular weight excluding hydrogens is 369 g/mol. The van der Waals surface area contributed by atoms with Crippen LogP contribution in [0.4, 0.5) is 4.39 Å². The Morgan fingerprint density at radius 2 is 2.11 bits per heavy atom. The highest BCUT2D eigenvalue weighted by atomic mass is 35.5. The van der Waals surface area contributed by atoms with Crippen molar-refractivity contribution in [3.63, 3.8) is 0 Å². The molecule has 2 aromatic rings. The number of hydrogen-bond donors (Lipinski definition) is 1. The number of carbonyl (C=O) groups excluding carboxylic acids is 1. The Kier molecular flexibility index (Phi) is 6.26. The van der Waals surface area contributed by atoms with Crippen LogP contribution < -0.4 is 10.9 Å².